The van der Waals surface area contributed by atoms with Crippen LogP contribution in [0.25, 0.3) is 11.6 Å². The average molecular weight is 323 g/mol. The van der Waals surface area contributed by atoms with E-state index in [0.717, 1.165) is 30.8 Å². The second-order valence-electron chi connectivity index (χ2n) is 5.50. The summed E-state index contributed by atoms with van der Waals surface area (Å²) in [6, 6.07) is 19.5. The van der Waals surface area contributed by atoms with Crippen molar-refractivity contribution in [3.63, 3.8) is 0 Å². The summed E-state index contributed by atoms with van der Waals surface area (Å²) in [4.78, 5) is 14.8. The van der Waals surface area contributed by atoms with Gasteiger partial charge in [0.25, 0.3) is 0 Å². The molecule has 3 heteroatoms. The van der Waals surface area contributed by atoms with Crippen LogP contribution in [0.15, 0.2) is 60.7 Å². The Bertz CT molecular complexity index is 646. The third-order valence-corrected chi connectivity index (χ3v) is 3.95. The number of ether oxygens (including phenoxy) is 1. The third kappa shape index (κ3) is 5.36. The van der Waals surface area contributed by atoms with Crippen molar-refractivity contribution >= 4 is 17.6 Å². The van der Waals surface area contributed by atoms with Crippen molar-refractivity contribution in [1.82, 2.24) is 4.90 Å². The normalized spacial score (nSPS) is 11.5. The first-order chi connectivity index (χ1) is 11.7. The fourth-order valence-corrected chi connectivity index (χ4v) is 2.48. The summed E-state index contributed by atoms with van der Waals surface area (Å²) >= 11 is 0. The van der Waals surface area contributed by atoms with Gasteiger partial charge in [0.05, 0.1) is 5.57 Å². The first-order valence-corrected chi connectivity index (χ1v) is 8.46. The van der Waals surface area contributed by atoms with E-state index in [2.05, 4.69) is 18.7 Å². The van der Waals surface area contributed by atoms with Gasteiger partial charge in [0.15, 0.2) is 0 Å². The number of benzene rings is 2. The van der Waals surface area contributed by atoms with Crippen molar-refractivity contribution in [1.29, 1.82) is 0 Å². The van der Waals surface area contributed by atoms with E-state index in [-0.39, 0.29) is 5.97 Å². The van der Waals surface area contributed by atoms with Crippen molar-refractivity contribution in [3.8, 4) is 0 Å². The van der Waals surface area contributed by atoms with Crippen LogP contribution in [-0.2, 0) is 9.53 Å². The highest BCUT2D eigenvalue weighted by Crippen LogP contribution is 2.19. The highest BCUT2D eigenvalue weighted by atomic mass is 16.5. The van der Waals surface area contributed by atoms with Crippen LogP contribution >= 0.6 is 0 Å². The maximum absolute atomic E-state index is 12.6. The lowest BCUT2D eigenvalue weighted by atomic mass is 10.0. The summed E-state index contributed by atoms with van der Waals surface area (Å²) < 4.78 is 5.52. The molecular formula is C21H25NO2. The minimum absolute atomic E-state index is 0.280. The molecule has 126 valence electrons. The molecule has 3 nitrogen and oxygen atoms in total. The highest BCUT2D eigenvalue weighted by Gasteiger charge is 2.14. The summed E-state index contributed by atoms with van der Waals surface area (Å²) in [7, 11) is 0. The number of rotatable bonds is 8. The minimum atomic E-state index is -0.280. The van der Waals surface area contributed by atoms with Gasteiger partial charge < -0.3 is 9.64 Å². The van der Waals surface area contributed by atoms with Crippen LogP contribution in [0, 0.1) is 0 Å². The van der Waals surface area contributed by atoms with E-state index < -0.39 is 0 Å². The van der Waals surface area contributed by atoms with Gasteiger partial charge >= 0.3 is 5.97 Å². The smallest absolute Gasteiger partial charge is 0.338 e. The van der Waals surface area contributed by atoms with E-state index in [4.69, 9.17) is 4.74 Å². The van der Waals surface area contributed by atoms with Gasteiger partial charge in [-0.15, -0.1) is 0 Å². The Hall–Kier alpha value is -2.39. The molecule has 0 aliphatic rings. The van der Waals surface area contributed by atoms with Crippen molar-refractivity contribution in [3.05, 3.63) is 71.8 Å². The number of carbonyl (C=O) groups excluding carboxylic acids is 1. The molecule has 0 atom stereocenters. The quantitative estimate of drug-likeness (QED) is 0.416. The predicted molar refractivity (Wildman–Crippen MR) is 99.5 cm³/mol. The van der Waals surface area contributed by atoms with Crippen LogP contribution in [0.5, 0.6) is 0 Å². The number of esters is 1. The fraction of sp³-hybridized carbons (Fsp3) is 0.286. The molecule has 0 unspecified atom stereocenters. The average Bonchev–Trinajstić information content (AvgIpc) is 2.64. The molecule has 0 aromatic heterocycles. The molecular weight excluding hydrogens is 298 g/mol. The molecule has 0 aliphatic heterocycles. The molecule has 0 saturated carbocycles. The van der Waals surface area contributed by atoms with Crippen LogP contribution < -0.4 is 0 Å². The van der Waals surface area contributed by atoms with E-state index in [1.807, 2.05) is 66.7 Å². The molecule has 24 heavy (non-hydrogen) atoms. The van der Waals surface area contributed by atoms with Gasteiger partial charge in [0.1, 0.15) is 6.61 Å². The number of hydrogen-bond acceptors (Lipinski definition) is 3. The summed E-state index contributed by atoms with van der Waals surface area (Å²) in [6.07, 6.45) is 1.88. The molecule has 0 saturated heterocycles. The van der Waals surface area contributed by atoms with E-state index in [0.29, 0.717) is 12.2 Å². The Labute approximate surface area is 144 Å². The second-order valence-corrected chi connectivity index (χ2v) is 5.50. The largest absolute Gasteiger partial charge is 0.461 e. The second kappa shape index (κ2) is 9.68. The lowest BCUT2D eigenvalue weighted by Crippen LogP contribution is -2.28. The SMILES string of the molecule is CCN(CC)CCOC(=O)/C(=C/c1ccccc1)c1ccccc1. The zero-order valence-electron chi connectivity index (χ0n) is 14.4. The molecule has 2 aromatic rings. The fourth-order valence-electron chi connectivity index (χ4n) is 2.48. The molecule has 0 bridgehead atoms. The van der Waals surface area contributed by atoms with Gasteiger partial charge in [0.2, 0.25) is 0 Å². The van der Waals surface area contributed by atoms with E-state index in [9.17, 15) is 4.79 Å². The van der Waals surface area contributed by atoms with Gasteiger partial charge in [-0.1, -0.05) is 74.5 Å². The molecule has 0 radical (unpaired) electrons. The number of nitrogens with zero attached hydrogens (tertiary/aromatic N) is 1. The zero-order chi connectivity index (χ0) is 17.2. The monoisotopic (exact) mass is 323 g/mol. The first-order valence-electron chi connectivity index (χ1n) is 8.46. The highest BCUT2D eigenvalue weighted by molar-refractivity contribution is 6.21. The molecule has 0 aliphatic carbocycles. The van der Waals surface area contributed by atoms with Crippen LogP contribution in [-0.4, -0.2) is 37.1 Å². The first kappa shape index (κ1) is 18.0. The maximum atomic E-state index is 12.6. The van der Waals surface area contributed by atoms with Gasteiger partial charge in [-0.25, -0.2) is 4.79 Å². The molecule has 0 spiro atoms. The Morgan fingerprint density at radius 3 is 2.12 bits per heavy atom. The number of carbonyl (C=O) groups is 1. The van der Waals surface area contributed by atoms with Crippen molar-refractivity contribution in [2.75, 3.05) is 26.2 Å². The molecule has 0 amide bonds. The Balaban J connectivity index is 2.14. The predicted octanol–water partition coefficient (Wildman–Crippen LogP) is 4.11. The van der Waals surface area contributed by atoms with Crippen LogP contribution in [0.1, 0.15) is 25.0 Å². The third-order valence-electron chi connectivity index (χ3n) is 3.95. The van der Waals surface area contributed by atoms with Gasteiger partial charge in [-0.2, -0.15) is 0 Å². The molecule has 0 heterocycles. The van der Waals surface area contributed by atoms with E-state index in [1.165, 1.54) is 0 Å². The summed E-state index contributed by atoms with van der Waals surface area (Å²) in [5, 5.41) is 0. The van der Waals surface area contributed by atoms with Crippen LogP contribution in [0.4, 0.5) is 0 Å². The minimum Gasteiger partial charge on any atom is -0.461 e. The number of hydrogen-bond donors (Lipinski definition) is 0. The summed E-state index contributed by atoms with van der Waals surface area (Å²) in [5.74, 6) is -0.280. The summed E-state index contributed by atoms with van der Waals surface area (Å²) in [5.41, 5.74) is 2.44. The van der Waals surface area contributed by atoms with Crippen molar-refractivity contribution < 1.29 is 9.53 Å². The standard InChI is InChI=1S/C21H25NO2/c1-3-22(4-2)15-16-24-21(23)20(19-13-9-6-10-14-19)17-18-11-7-5-8-12-18/h5-14,17H,3-4,15-16H2,1-2H3/b20-17+. The lowest BCUT2D eigenvalue weighted by Gasteiger charge is -2.18. The van der Waals surface area contributed by atoms with Gasteiger partial charge in [0, 0.05) is 6.54 Å². The van der Waals surface area contributed by atoms with E-state index >= 15 is 0 Å². The number of likely N-dealkylation sites (N-methyl/N-ethyl adjacent to an activating group) is 1. The van der Waals surface area contributed by atoms with E-state index in [1.54, 1.807) is 0 Å². The molecule has 0 fully saturated rings. The zero-order valence-corrected chi connectivity index (χ0v) is 14.4. The van der Waals surface area contributed by atoms with Crippen molar-refractivity contribution in [2.45, 2.75) is 13.8 Å². The van der Waals surface area contributed by atoms with Crippen LogP contribution in [0.3, 0.4) is 0 Å². The lowest BCUT2D eigenvalue weighted by molar-refractivity contribution is -0.136. The Morgan fingerprint density at radius 2 is 1.54 bits per heavy atom. The molecule has 2 rings (SSSR count). The van der Waals surface area contributed by atoms with Gasteiger partial charge in [-0.05, 0) is 30.3 Å². The van der Waals surface area contributed by atoms with Crippen molar-refractivity contribution in [2.24, 2.45) is 0 Å². The molecule has 2 aromatic carbocycles. The maximum Gasteiger partial charge on any atom is 0.338 e. The topological polar surface area (TPSA) is 29.5 Å². The van der Waals surface area contributed by atoms with Crippen LogP contribution in [0.2, 0.25) is 0 Å². The molecule has 0 N–H and O–H groups in total. The van der Waals surface area contributed by atoms with Gasteiger partial charge in [-0.3, -0.25) is 0 Å². The Kier molecular flexibility index (Phi) is 7.24. The Morgan fingerprint density at radius 1 is 0.958 bits per heavy atom. The summed E-state index contributed by atoms with van der Waals surface area (Å²) in [6.45, 7) is 7.29.